The lowest BCUT2D eigenvalue weighted by Crippen LogP contribution is -2.54. The third-order valence-corrected chi connectivity index (χ3v) is 8.91. The highest BCUT2D eigenvalue weighted by atomic mass is 31.1. The highest BCUT2D eigenvalue weighted by molar-refractivity contribution is 7.42. The molecule has 0 aromatic heterocycles. The monoisotopic (exact) mass is 573 g/mol. The number of nitrogens with one attached hydrogen (secondary N) is 2. The Labute approximate surface area is 239 Å². The first-order valence-corrected chi connectivity index (χ1v) is 15.1. The summed E-state index contributed by atoms with van der Waals surface area (Å²) in [5.74, 6) is -2.05. The number of rotatable bonds is 7. The zero-order chi connectivity index (χ0) is 28.5. The van der Waals surface area contributed by atoms with Crippen LogP contribution < -0.4 is 10.6 Å². The van der Waals surface area contributed by atoms with Gasteiger partial charge in [0.1, 0.15) is 11.5 Å². The molecule has 0 radical (unpaired) electrons. The molecule has 3 N–H and O–H groups in total. The number of aliphatic hydroxyl groups is 1. The number of piperazine rings is 1. The van der Waals surface area contributed by atoms with Crippen molar-refractivity contribution in [3.05, 3.63) is 88.1 Å². The van der Waals surface area contributed by atoms with Crippen LogP contribution >= 0.6 is 8.58 Å². The first-order chi connectivity index (χ1) is 19.9. The SMILES string of the molecule is O=C1CCC(N2C(=O)c3cccc(NCc4ccc(CN5CCN(C6=CCPC(O)=C6)CC5)cc4)c3C2=O)C(=O)N1. The zero-order valence-electron chi connectivity index (χ0n) is 22.6. The fraction of sp³-hybridized carbons (Fsp3) is 0.333. The fourth-order valence-electron chi connectivity index (χ4n) is 5.78. The van der Waals surface area contributed by atoms with Crippen LogP contribution in [0.1, 0.15) is 44.7 Å². The van der Waals surface area contributed by atoms with Gasteiger partial charge in [-0.3, -0.25) is 34.3 Å². The van der Waals surface area contributed by atoms with E-state index < -0.39 is 29.7 Å². The molecule has 2 aromatic carbocycles. The van der Waals surface area contributed by atoms with E-state index in [4.69, 9.17) is 0 Å². The molecule has 2 saturated heterocycles. The molecule has 10 nitrogen and oxygen atoms in total. The molecule has 4 aliphatic rings. The molecule has 41 heavy (non-hydrogen) atoms. The van der Waals surface area contributed by atoms with Gasteiger partial charge in [0, 0.05) is 63.1 Å². The van der Waals surface area contributed by atoms with E-state index in [9.17, 15) is 24.3 Å². The highest BCUT2D eigenvalue weighted by Gasteiger charge is 2.45. The number of carbonyl (C=O) groups excluding carboxylic acids is 4. The van der Waals surface area contributed by atoms with Gasteiger partial charge in [0.2, 0.25) is 11.8 Å². The van der Waals surface area contributed by atoms with Crippen molar-refractivity contribution in [1.29, 1.82) is 0 Å². The topological polar surface area (TPSA) is 122 Å². The van der Waals surface area contributed by atoms with Crippen LogP contribution in [0.4, 0.5) is 5.69 Å². The summed E-state index contributed by atoms with van der Waals surface area (Å²) in [4.78, 5) is 56.0. The van der Waals surface area contributed by atoms with Gasteiger partial charge >= 0.3 is 0 Å². The van der Waals surface area contributed by atoms with Gasteiger partial charge < -0.3 is 15.3 Å². The molecule has 6 rings (SSSR count). The molecule has 212 valence electrons. The van der Waals surface area contributed by atoms with E-state index in [1.807, 2.05) is 6.08 Å². The Morgan fingerprint density at radius 3 is 2.44 bits per heavy atom. The molecule has 2 aromatic rings. The van der Waals surface area contributed by atoms with Crippen molar-refractivity contribution in [3.8, 4) is 0 Å². The number of imide groups is 2. The van der Waals surface area contributed by atoms with Crippen LogP contribution in [-0.4, -0.2) is 81.8 Å². The number of nitrogens with zero attached hydrogens (tertiary/aromatic N) is 3. The van der Waals surface area contributed by atoms with Gasteiger partial charge in [0.05, 0.1) is 11.1 Å². The van der Waals surface area contributed by atoms with Crippen LogP contribution in [0.5, 0.6) is 0 Å². The van der Waals surface area contributed by atoms with Gasteiger partial charge in [-0.1, -0.05) is 36.4 Å². The first kappa shape index (κ1) is 27.2. The molecular formula is C30H32N5O5P. The minimum absolute atomic E-state index is 0.0859. The number of piperidine rings is 1. The van der Waals surface area contributed by atoms with E-state index in [0.29, 0.717) is 26.3 Å². The minimum atomic E-state index is -0.988. The van der Waals surface area contributed by atoms with Crippen molar-refractivity contribution >= 4 is 37.9 Å². The van der Waals surface area contributed by atoms with E-state index in [-0.39, 0.29) is 24.0 Å². The van der Waals surface area contributed by atoms with E-state index >= 15 is 0 Å². The molecule has 0 aliphatic carbocycles. The number of benzene rings is 2. The van der Waals surface area contributed by atoms with E-state index in [1.165, 1.54) is 5.56 Å². The summed E-state index contributed by atoms with van der Waals surface area (Å²) < 4.78 is 0. The normalized spacial score (nSPS) is 22.0. The van der Waals surface area contributed by atoms with Crippen LogP contribution in [0.3, 0.4) is 0 Å². The number of allylic oxidation sites excluding steroid dienone is 2. The summed E-state index contributed by atoms with van der Waals surface area (Å²) >= 11 is 0. The second-order valence-corrected chi connectivity index (χ2v) is 11.9. The quantitative estimate of drug-likeness (QED) is 0.342. The van der Waals surface area contributed by atoms with Gasteiger partial charge in [0.25, 0.3) is 11.8 Å². The Kier molecular flexibility index (Phi) is 7.60. The largest absolute Gasteiger partial charge is 0.508 e. The lowest BCUT2D eigenvalue weighted by atomic mass is 10.0. The van der Waals surface area contributed by atoms with Gasteiger partial charge in [-0.15, -0.1) is 0 Å². The van der Waals surface area contributed by atoms with Crippen LogP contribution in [0.25, 0.3) is 0 Å². The predicted molar refractivity (Wildman–Crippen MR) is 156 cm³/mol. The molecule has 2 fully saturated rings. The molecule has 4 aliphatic heterocycles. The maximum atomic E-state index is 13.3. The molecule has 0 spiro atoms. The average Bonchev–Trinajstić information content (AvgIpc) is 3.23. The highest BCUT2D eigenvalue weighted by Crippen LogP contribution is 2.33. The van der Waals surface area contributed by atoms with E-state index in [0.717, 1.165) is 55.0 Å². The molecule has 0 bridgehead atoms. The summed E-state index contributed by atoms with van der Waals surface area (Å²) in [6.45, 7) is 5.11. The Hall–Kier alpha value is -4.01. The van der Waals surface area contributed by atoms with Crippen LogP contribution in [-0.2, 0) is 22.7 Å². The summed E-state index contributed by atoms with van der Waals surface area (Å²) in [7, 11) is 0.485. The number of carbonyl (C=O) groups is 4. The second kappa shape index (κ2) is 11.5. The van der Waals surface area contributed by atoms with E-state index in [1.54, 1.807) is 18.2 Å². The third-order valence-electron chi connectivity index (χ3n) is 8.00. The Bertz CT molecular complexity index is 1460. The van der Waals surface area contributed by atoms with Crippen molar-refractivity contribution in [2.75, 3.05) is 37.7 Å². The Morgan fingerprint density at radius 1 is 0.951 bits per heavy atom. The maximum absolute atomic E-state index is 13.3. The van der Waals surface area contributed by atoms with Gasteiger partial charge in [-0.05, 0) is 44.4 Å². The summed E-state index contributed by atoms with van der Waals surface area (Å²) in [5, 5.41) is 15.4. The van der Waals surface area contributed by atoms with Crippen molar-refractivity contribution < 1.29 is 24.3 Å². The first-order valence-electron chi connectivity index (χ1n) is 13.9. The summed E-state index contributed by atoms with van der Waals surface area (Å²) in [5.41, 5.74) is 4.93. The fourth-order valence-corrected chi connectivity index (χ4v) is 6.55. The van der Waals surface area contributed by atoms with Crippen molar-refractivity contribution in [3.63, 3.8) is 0 Å². The second-order valence-electron chi connectivity index (χ2n) is 10.6. The summed E-state index contributed by atoms with van der Waals surface area (Å²) in [6, 6.07) is 12.4. The molecule has 4 amide bonds. The number of amides is 4. The number of aliphatic hydroxyl groups excluding tert-OH is 1. The molecule has 0 saturated carbocycles. The van der Waals surface area contributed by atoms with Crippen molar-refractivity contribution in [2.24, 2.45) is 0 Å². The molecule has 4 heterocycles. The Morgan fingerprint density at radius 2 is 1.71 bits per heavy atom. The van der Waals surface area contributed by atoms with Gasteiger partial charge in [-0.25, -0.2) is 0 Å². The van der Waals surface area contributed by atoms with Gasteiger partial charge in [0.15, 0.2) is 0 Å². The lowest BCUT2D eigenvalue weighted by molar-refractivity contribution is -0.136. The van der Waals surface area contributed by atoms with E-state index in [2.05, 4.69) is 50.8 Å². The predicted octanol–water partition coefficient (Wildman–Crippen LogP) is 2.79. The average molecular weight is 574 g/mol. The Balaban J connectivity index is 1.05. The van der Waals surface area contributed by atoms with Crippen molar-refractivity contribution in [2.45, 2.75) is 32.0 Å². The minimum Gasteiger partial charge on any atom is -0.508 e. The molecular weight excluding hydrogens is 541 g/mol. The van der Waals surface area contributed by atoms with Crippen LogP contribution in [0.2, 0.25) is 0 Å². The van der Waals surface area contributed by atoms with Gasteiger partial charge in [-0.2, -0.15) is 0 Å². The molecule has 2 atom stereocenters. The summed E-state index contributed by atoms with van der Waals surface area (Å²) in [6.07, 6.45) is 5.24. The smallest absolute Gasteiger partial charge is 0.264 e. The number of fused-ring (bicyclic) bond motifs is 1. The maximum Gasteiger partial charge on any atom is 0.264 e. The standard InChI is InChI=1S/C30H32N5O5P/c36-25-9-8-24(28(38)32-25)35-29(39)22-2-1-3-23(27(22)30(35)40)31-17-19-4-6-20(7-5-19)18-33-11-13-34(14-12-33)21-10-15-41-26(37)16-21/h1-7,10,16,24,31,37,41H,8-9,11-15,17-18H2,(H,32,36,38). The number of hydrogen-bond acceptors (Lipinski definition) is 8. The van der Waals surface area contributed by atoms with Crippen LogP contribution in [0.15, 0.2) is 65.8 Å². The third kappa shape index (κ3) is 5.62. The molecule has 11 heteroatoms. The number of hydrogen-bond donors (Lipinski definition) is 3. The molecule has 2 unspecified atom stereocenters. The van der Waals surface area contributed by atoms with Crippen molar-refractivity contribution in [1.82, 2.24) is 20.0 Å². The number of anilines is 1. The zero-order valence-corrected chi connectivity index (χ0v) is 23.6. The lowest BCUT2D eigenvalue weighted by Gasteiger charge is -2.37. The van der Waals surface area contributed by atoms with Crippen LogP contribution in [0, 0.1) is 0 Å².